The summed E-state index contributed by atoms with van der Waals surface area (Å²) in [5, 5.41) is 3.20. The predicted molar refractivity (Wildman–Crippen MR) is 90.7 cm³/mol. The molecule has 0 fully saturated rings. The fourth-order valence-electron chi connectivity index (χ4n) is 2.29. The molecular weight excluding hydrogens is 333 g/mol. The van der Waals surface area contributed by atoms with E-state index in [-0.39, 0.29) is 29.2 Å². The molecule has 122 valence electrons. The fraction of sp³-hybridized carbons (Fsp3) is 0.118. The normalized spacial score (nSPS) is 10.8. The summed E-state index contributed by atoms with van der Waals surface area (Å²) in [7, 11) is 0. The van der Waals surface area contributed by atoms with Crippen LogP contribution >= 0.6 is 11.6 Å². The summed E-state index contributed by atoms with van der Waals surface area (Å²) in [4.78, 5) is 28.4. The lowest BCUT2D eigenvalue weighted by Gasteiger charge is -2.08. The van der Waals surface area contributed by atoms with Crippen LogP contribution in [0, 0.1) is 5.82 Å². The van der Waals surface area contributed by atoms with Crippen molar-refractivity contribution in [2.75, 3.05) is 5.32 Å². The van der Waals surface area contributed by atoms with E-state index in [9.17, 15) is 14.0 Å². The molecule has 0 aliphatic heterocycles. The Bertz CT molecular complexity index is 971. The zero-order valence-corrected chi connectivity index (χ0v) is 13.3. The molecule has 3 rings (SSSR count). The molecule has 0 radical (unpaired) electrons. The maximum absolute atomic E-state index is 13.6. The Labute approximate surface area is 141 Å². The van der Waals surface area contributed by atoms with E-state index in [4.69, 9.17) is 11.6 Å². The molecular formula is C17H13ClFN3O2. The fourth-order valence-corrected chi connectivity index (χ4v) is 2.45. The van der Waals surface area contributed by atoms with E-state index in [1.165, 1.54) is 23.0 Å². The number of hydrogen-bond acceptors (Lipinski definition) is 3. The zero-order valence-electron chi connectivity index (χ0n) is 12.5. The van der Waals surface area contributed by atoms with Gasteiger partial charge in [0.1, 0.15) is 5.82 Å². The van der Waals surface area contributed by atoms with Gasteiger partial charge < -0.3 is 5.32 Å². The molecule has 7 heteroatoms. The highest BCUT2D eigenvalue weighted by Crippen LogP contribution is 2.19. The molecule has 5 nitrogen and oxygen atoms in total. The molecule has 0 bridgehead atoms. The van der Waals surface area contributed by atoms with Crippen LogP contribution < -0.4 is 10.9 Å². The number of anilines is 1. The largest absolute Gasteiger partial charge is 0.324 e. The van der Waals surface area contributed by atoms with Gasteiger partial charge in [-0.25, -0.2) is 9.37 Å². The Morgan fingerprint density at radius 3 is 2.83 bits per heavy atom. The number of amides is 1. The number of nitrogens with zero attached hydrogens (tertiary/aromatic N) is 2. The van der Waals surface area contributed by atoms with Crippen molar-refractivity contribution >= 4 is 34.1 Å². The second kappa shape index (κ2) is 6.80. The lowest BCUT2D eigenvalue weighted by molar-refractivity contribution is -0.116. The molecule has 3 aromatic rings. The molecule has 2 aromatic carbocycles. The van der Waals surface area contributed by atoms with Crippen molar-refractivity contribution in [1.29, 1.82) is 0 Å². The number of halogens is 2. The smallest absolute Gasteiger partial charge is 0.261 e. The number of benzene rings is 2. The number of aromatic nitrogens is 2. The minimum atomic E-state index is -0.611. The van der Waals surface area contributed by atoms with E-state index >= 15 is 0 Å². The van der Waals surface area contributed by atoms with Crippen LogP contribution in [0.15, 0.2) is 53.6 Å². The number of rotatable bonds is 4. The van der Waals surface area contributed by atoms with E-state index in [1.54, 1.807) is 24.3 Å². The molecule has 1 aromatic heterocycles. The Morgan fingerprint density at radius 1 is 1.25 bits per heavy atom. The average Bonchev–Trinajstić information content (AvgIpc) is 2.57. The van der Waals surface area contributed by atoms with Crippen molar-refractivity contribution < 1.29 is 9.18 Å². The van der Waals surface area contributed by atoms with Gasteiger partial charge in [0.05, 0.1) is 22.9 Å². The van der Waals surface area contributed by atoms with E-state index < -0.39 is 11.7 Å². The van der Waals surface area contributed by atoms with Crippen molar-refractivity contribution in [3.63, 3.8) is 0 Å². The first kappa shape index (κ1) is 16.1. The zero-order chi connectivity index (χ0) is 17.1. The second-order valence-corrected chi connectivity index (χ2v) is 5.62. The van der Waals surface area contributed by atoms with Gasteiger partial charge >= 0.3 is 0 Å². The summed E-state index contributed by atoms with van der Waals surface area (Å²) < 4.78 is 15.0. The van der Waals surface area contributed by atoms with E-state index in [0.29, 0.717) is 10.9 Å². The van der Waals surface area contributed by atoms with Gasteiger partial charge in [0.15, 0.2) is 0 Å². The molecule has 0 saturated carbocycles. The Balaban J connectivity index is 1.70. The molecule has 0 atom stereocenters. The molecule has 1 amide bonds. The van der Waals surface area contributed by atoms with Crippen LogP contribution in [-0.2, 0) is 11.3 Å². The maximum Gasteiger partial charge on any atom is 0.261 e. The first-order valence-electron chi connectivity index (χ1n) is 7.23. The predicted octanol–water partition coefficient (Wildman–Crippen LogP) is 3.22. The number of para-hydroxylation sites is 1. The summed E-state index contributed by atoms with van der Waals surface area (Å²) >= 11 is 5.66. The number of aryl methyl sites for hydroxylation is 1. The molecule has 0 saturated heterocycles. The highest BCUT2D eigenvalue weighted by molar-refractivity contribution is 6.30. The van der Waals surface area contributed by atoms with Gasteiger partial charge in [0.25, 0.3) is 5.56 Å². The van der Waals surface area contributed by atoms with Crippen LogP contribution in [0.3, 0.4) is 0 Å². The molecule has 1 N–H and O–H groups in total. The quantitative estimate of drug-likeness (QED) is 0.789. The van der Waals surface area contributed by atoms with Crippen molar-refractivity contribution in [3.05, 3.63) is 70.0 Å². The second-order valence-electron chi connectivity index (χ2n) is 5.18. The minimum absolute atomic E-state index is 0.0159. The highest BCUT2D eigenvalue weighted by atomic mass is 35.5. The Hall–Kier alpha value is -2.73. The molecule has 0 spiro atoms. The van der Waals surface area contributed by atoms with Crippen molar-refractivity contribution in [1.82, 2.24) is 9.55 Å². The number of fused-ring (bicyclic) bond motifs is 1. The third-order valence-corrected chi connectivity index (χ3v) is 3.75. The third-order valence-electron chi connectivity index (χ3n) is 3.52. The lowest BCUT2D eigenvalue weighted by atomic mass is 10.2. The van der Waals surface area contributed by atoms with Crippen LogP contribution in [0.2, 0.25) is 5.02 Å². The van der Waals surface area contributed by atoms with Crippen molar-refractivity contribution in [2.45, 2.75) is 13.0 Å². The lowest BCUT2D eigenvalue weighted by Crippen LogP contribution is -2.23. The van der Waals surface area contributed by atoms with Gasteiger partial charge in [-0.15, -0.1) is 0 Å². The van der Waals surface area contributed by atoms with Gasteiger partial charge in [-0.1, -0.05) is 23.7 Å². The summed E-state index contributed by atoms with van der Waals surface area (Å²) in [5.41, 5.74) is 0.436. The SMILES string of the molecule is O=C(CCn1cnc2ccccc2c1=O)Nc1ccc(Cl)cc1F. The number of hydrogen-bond donors (Lipinski definition) is 1. The van der Waals surface area contributed by atoms with Crippen molar-refractivity contribution in [2.24, 2.45) is 0 Å². The molecule has 0 unspecified atom stereocenters. The molecule has 1 heterocycles. The first-order valence-corrected chi connectivity index (χ1v) is 7.61. The van der Waals surface area contributed by atoms with Crippen LogP contribution in [0.1, 0.15) is 6.42 Å². The standard InChI is InChI=1S/C17H13ClFN3O2/c18-11-5-6-15(13(19)9-11)21-16(23)7-8-22-10-20-14-4-2-1-3-12(14)17(22)24/h1-6,9-10H,7-8H2,(H,21,23). The summed E-state index contributed by atoms with van der Waals surface area (Å²) in [6, 6.07) is 11.0. The summed E-state index contributed by atoms with van der Waals surface area (Å²) in [6.45, 7) is 0.151. The van der Waals surface area contributed by atoms with E-state index in [1.807, 2.05) is 0 Å². The summed E-state index contributed by atoms with van der Waals surface area (Å²) in [6.07, 6.45) is 1.42. The van der Waals surface area contributed by atoms with Gasteiger partial charge in [-0.3, -0.25) is 14.2 Å². The topological polar surface area (TPSA) is 64.0 Å². The number of carbonyl (C=O) groups is 1. The monoisotopic (exact) mass is 345 g/mol. The van der Waals surface area contributed by atoms with Gasteiger partial charge in [0, 0.05) is 18.0 Å². The average molecular weight is 346 g/mol. The first-order chi connectivity index (χ1) is 11.5. The Kier molecular flexibility index (Phi) is 4.57. The van der Waals surface area contributed by atoms with E-state index in [0.717, 1.165) is 6.07 Å². The molecule has 0 aliphatic rings. The number of nitrogens with one attached hydrogen (secondary N) is 1. The van der Waals surface area contributed by atoms with E-state index in [2.05, 4.69) is 10.3 Å². The van der Waals surface area contributed by atoms with Crippen LogP contribution in [0.4, 0.5) is 10.1 Å². The van der Waals surface area contributed by atoms with Crippen molar-refractivity contribution in [3.8, 4) is 0 Å². The van der Waals surface area contributed by atoms with Crippen LogP contribution in [-0.4, -0.2) is 15.5 Å². The molecule has 0 aliphatic carbocycles. The Morgan fingerprint density at radius 2 is 2.04 bits per heavy atom. The van der Waals surface area contributed by atoms with Gasteiger partial charge in [0.2, 0.25) is 5.91 Å². The van der Waals surface area contributed by atoms with Gasteiger partial charge in [-0.2, -0.15) is 0 Å². The summed E-state index contributed by atoms with van der Waals surface area (Å²) in [5.74, 6) is -1.02. The number of carbonyl (C=O) groups excluding carboxylic acids is 1. The van der Waals surface area contributed by atoms with Crippen LogP contribution in [0.25, 0.3) is 10.9 Å². The maximum atomic E-state index is 13.6. The van der Waals surface area contributed by atoms with Gasteiger partial charge in [-0.05, 0) is 30.3 Å². The highest BCUT2D eigenvalue weighted by Gasteiger charge is 2.09. The third kappa shape index (κ3) is 3.44. The minimum Gasteiger partial charge on any atom is -0.324 e. The molecule has 24 heavy (non-hydrogen) atoms. The van der Waals surface area contributed by atoms with Crippen LogP contribution in [0.5, 0.6) is 0 Å².